The van der Waals surface area contributed by atoms with Crippen LogP contribution in [0, 0.1) is 6.92 Å². The minimum absolute atomic E-state index is 0.149. The SMILES string of the molecule is Cc1ccnc(NC(=O)c2ccccc2-c2ccccc2C(=O)O)c1. The lowest BCUT2D eigenvalue weighted by Gasteiger charge is -2.12. The van der Waals surface area contributed by atoms with Gasteiger partial charge in [-0.3, -0.25) is 4.79 Å². The number of anilines is 1. The van der Waals surface area contributed by atoms with Gasteiger partial charge in [0.1, 0.15) is 5.82 Å². The number of rotatable bonds is 4. The summed E-state index contributed by atoms with van der Waals surface area (Å²) in [6.07, 6.45) is 1.62. The van der Waals surface area contributed by atoms with E-state index in [4.69, 9.17) is 0 Å². The Hall–Kier alpha value is -3.47. The maximum Gasteiger partial charge on any atom is 0.336 e. The van der Waals surface area contributed by atoms with Crippen LogP contribution in [0.2, 0.25) is 0 Å². The molecule has 0 saturated carbocycles. The van der Waals surface area contributed by atoms with Crippen molar-refractivity contribution < 1.29 is 14.7 Å². The van der Waals surface area contributed by atoms with Crippen molar-refractivity contribution in [2.75, 3.05) is 5.32 Å². The Morgan fingerprint density at radius 1 is 0.920 bits per heavy atom. The van der Waals surface area contributed by atoms with E-state index in [0.29, 0.717) is 22.5 Å². The monoisotopic (exact) mass is 332 g/mol. The number of carbonyl (C=O) groups is 2. The first-order valence-electron chi connectivity index (χ1n) is 7.72. The molecular weight excluding hydrogens is 316 g/mol. The number of aromatic carboxylic acids is 1. The normalized spacial score (nSPS) is 10.3. The smallest absolute Gasteiger partial charge is 0.336 e. The second-order valence-corrected chi connectivity index (χ2v) is 5.57. The Morgan fingerprint density at radius 3 is 2.16 bits per heavy atom. The maximum absolute atomic E-state index is 12.7. The molecule has 0 saturated heterocycles. The molecule has 5 nitrogen and oxygen atoms in total. The summed E-state index contributed by atoms with van der Waals surface area (Å²) in [5, 5.41) is 12.2. The summed E-state index contributed by atoms with van der Waals surface area (Å²) in [6, 6.07) is 17.2. The summed E-state index contributed by atoms with van der Waals surface area (Å²) >= 11 is 0. The number of hydrogen-bond acceptors (Lipinski definition) is 3. The van der Waals surface area contributed by atoms with Crippen molar-refractivity contribution in [1.82, 2.24) is 4.98 Å². The van der Waals surface area contributed by atoms with E-state index < -0.39 is 5.97 Å². The van der Waals surface area contributed by atoms with Gasteiger partial charge in [-0.05, 0) is 47.9 Å². The van der Waals surface area contributed by atoms with Crippen molar-refractivity contribution in [2.24, 2.45) is 0 Å². The number of amides is 1. The molecule has 3 aromatic rings. The fourth-order valence-corrected chi connectivity index (χ4v) is 2.61. The lowest BCUT2D eigenvalue weighted by molar-refractivity contribution is 0.0697. The number of nitrogens with one attached hydrogen (secondary N) is 1. The molecule has 0 radical (unpaired) electrons. The topological polar surface area (TPSA) is 79.3 Å². The number of aryl methyl sites for hydroxylation is 1. The number of aromatic nitrogens is 1. The first kappa shape index (κ1) is 16.4. The van der Waals surface area contributed by atoms with Gasteiger partial charge in [0.25, 0.3) is 5.91 Å². The summed E-state index contributed by atoms with van der Waals surface area (Å²) in [4.78, 5) is 28.3. The van der Waals surface area contributed by atoms with Crippen LogP contribution in [0.3, 0.4) is 0 Å². The van der Waals surface area contributed by atoms with Gasteiger partial charge < -0.3 is 10.4 Å². The fourth-order valence-electron chi connectivity index (χ4n) is 2.61. The number of carbonyl (C=O) groups excluding carboxylic acids is 1. The van der Waals surface area contributed by atoms with Gasteiger partial charge in [-0.15, -0.1) is 0 Å². The van der Waals surface area contributed by atoms with Crippen LogP contribution in [-0.4, -0.2) is 22.0 Å². The van der Waals surface area contributed by atoms with Gasteiger partial charge in [0, 0.05) is 11.8 Å². The molecule has 0 fully saturated rings. The van der Waals surface area contributed by atoms with Crippen LogP contribution >= 0.6 is 0 Å². The molecule has 0 aliphatic carbocycles. The molecular formula is C20H16N2O3. The van der Waals surface area contributed by atoms with E-state index in [1.807, 2.05) is 13.0 Å². The van der Waals surface area contributed by atoms with E-state index in [0.717, 1.165) is 5.56 Å². The highest BCUT2D eigenvalue weighted by Gasteiger charge is 2.17. The van der Waals surface area contributed by atoms with Crippen LogP contribution in [-0.2, 0) is 0 Å². The molecule has 0 bridgehead atoms. The Bertz CT molecular complexity index is 951. The third-order valence-corrected chi connectivity index (χ3v) is 3.78. The quantitative estimate of drug-likeness (QED) is 0.756. The lowest BCUT2D eigenvalue weighted by Crippen LogP contribution is -2.14. The number of hydrogen-bond donors (Lipinski definition) is 2. The highest BCUT2D eigenvalue weighted by Crippen LogP contribution is 2.27. The number of carboxylic acid groups (broad SMARTS) is 1. The standard InChI is InChI=1S/C20H16N2O3/c1-13-10-11-21-18(12-13)22-19(23)16-8-4-2-6-14(16)15-7-3-5-9-17(15)20(24)25/h2-12H,1H3,(H,24,25)(H,21,22,23). The van der Waals surface area contributed by atoms with Gasteiger partial charge in [-0.2, -0.15) is 0 Å². The van der Waals surface area contributed by atoms with Crippen LogP contribution in [0.15, 0.2) is 66.9 Å². The number of carboxylic acids is 1. The van der Waals surface area contributed by atoms with E-state index in [1.165, 1.54) is 6.07 Å². The highest BCUT2D eigenvalue weighted by molar-refractivity contribution is 6.10. The minimum Gasteiger partial charge on any atom is -0.478 e. The fraction of sp³-hybridized carbons (Fsp3) is 0.0500. The molecule has 1 heterocycles. The van der Waals surface area contributed by atoms with Crippen LogP contribution in [0.25, 0.3) is 11.1 Å². The summed E-state index contributed by atoms with van der Waals surface area (Å²) in [6.45, 7) is 1.91. The molecule has 25 heavy (non-hydrogen) atoms. The van der Waals surface area contributed by atoms with E-state index in [9.17, 15) is 14.7 Å². The first-order chi connectivity index (χ1) is 12.1. The molecule has 1 amide bonds. The van der Waals surface area contributed by atoms with Crippen LogP contribution in [0.5, 0.6) is 0 Å². The van der Waals surface area contributed by atoms with E-state index in [2.05, 4.69) is 10.3 Å². The predicted molar refractivity (Wildman–Crippen MR) is 95.8 cm³/mol. The Morgan fingerprint density at radius 2 is 1.52 bits per heavy atom. The van der Waals surface area contributed by atoms with Gasteiger partial charge in [0.05, 0.1) is 5.56 Å². The van der Waals surface area contributed by atoms with Gasteiger partial charge in [-0.25, -0.2) is 9.78 Å². The molecule has 3 rings (SSSR count). The Labute approximate surface area is 145 Å². The minimum atomic E-state index is -1.04. The van der Waals surface area contributed by atoms with Crippen molar-refractivity contribution >= 4 is 17.7 Å². The van der Waals surface area contributed by atoms with Crippen molar-refractivity contribution in [1.29, 1.82) is 0 Å². The van der Waals surface area contributed by atoms with E-state index in [-0.39, 0.29) is 11.5 Å². The van der Waals surface area contributed by atoms with E-state index in [1.54, 1.807) is 54.7 Å². The van der Waals surface area contributed by atoms with E-state index >= 15 is 0 Å². The predicted octanol–water partition coefficient (Wildman–Crippen LogP) is 4.01. The number of nitrogens with zero attached hydrogens (tertiary/aromatic N) is 1. The van der Waals surface area contributed by atoms with Crippen LogP contribution in [0.1, 0.15) is 26.3 Å². The largest absolute Gasteiger partial charge is 0.478 e. The Kier molecular flexibility index (Phi) is 4.57. The number of benzene rings is 2. The molecule has 5 heteroatoms. The Balaban J connectivity index is 2.02. The van der Waals surface area contributed by atoms with Gasteiger partial charge in [0.2, 0.25) is 0 Å². The molecule has 124 valence electrons. The average molecular weight is 332 g/mol. The molecule has 1 aromatic heterocycles. The van der Waals surface area contributed by atoms with Crippen molar-refractivity contribution in [3.63, 3.8) is 0 Å². The lowest BCUT2D eigenvalue weighted by atomic mass is 9.95. The third-order valence-electron chi connectivity index (χ3n) is 3.78. The zero-order chi connectivity index (χ0) is 17.8. The van der Waals surface area contributed by atoms with Crippen molar-refractivity contribution in [3.05, 3.63) is 83.6 Å². The van der Waals surface area contributed by atoms with Crippen molar-refractivity contribution in [3.8, 4) is 11.1 Å². The van der Waals surface area contributed by atoms with Gasteiger partial charge in [-0.1, -0.05) is 36.4 Å². The van der Waals surface area contributed by atoms with Crippen molar-refractivity contribution in [2.45, 2.75) is 6.92 Å². The molecule has 0 unspecified atom stereocenters. The summed E-state index contributed by atoms with van der Waals surface area (Å²) in [7, 11) is 0. The molecule has 2 aromatic carbocycles. The molecule has 0 atom stereocenters. The maximum atomic E-state index is 12.7. The molecule has 0 spiro atoms. The van der Waals surface area contributed by atoms with Gasteiger partial charge in [0.15, 0.2) is 0 Å². The molecule has 0 aliphatic rings. The highest BCUT2D eigenvalue weighted by atomic mass is 16.4. The summed E-state index contributed by atoms with van der Waals surface area (Å²) in [5.41, 5.74) is 2.58. The first-order valence-corrected chi connectivity index (χ1v) is 7.72. The average Bonchev–Trinajstić information content (AvgIpc) is 2.61. The summed E-state index contributed by atoms with van der Waals surface area (Å²) < 4.78 is 0. The zero-order valence-electron chi connectivity index (χ0n) is 13.6. The summed E-state index contributed by atoms with van der Waals surface area (Å²) in [5.74, 6) is -0.925. The molecule has 2 N–H and O–H groups in total. The molecule has 0 aliphatic heterocycles. The third kappa shape index (κ3) is 3.55. The zero-order valence-corrected chi connectivity index (χ0v) is 13.6. The van der Waals surface area contributed by atoms with Crippen LogP contribution < -0.4 is 5.32 Å². The number of pyridine rings is 1. The van der Waals surface area contributed by atoms with Crippen LogP contribution in [0.4, 0.5) is 5.82 Å². The van der Waals surface area contributed by atoms with Gasteiger partial charge >= 0.3 is 5.97 Å². The second kappa shape index (κ2) is 6.97. The second-order valence-electron chi connectivity index (χ2n) is 5.57.